The molecule has 2 saturated heterocycles. The van der Waals surface area contributed by atoms with E-state index < -0.39 is 58.7 Å². The molecule has 3 aliphatic rings. The third-order valence-electron chi connectivity index (χ3n) is 6.73. The van der Waals surface area contributed by atoms with Crippen LogP contribution >= 0.6 is 0 Å². The van der Waals surface area contributed by atoms with Gasteiger partial charge >= 0.3 is 6.03 Å². The molecule has 3 aliphatic heterocycles. The number of imide groups is 2. The van der Waals surface area contributed by atoms with Crippen LogP contribution in [0.1, 0.15) is 30.7 Å². The van der Waals surface area contributed by atoms with Gasteiger partial charge in [0.2, 0.25) is 11.8 Å². The number of amides is 4. The number of pyridine rings is 1. The van der Waals surface area contributed by atoms with Crippen molar-refractivity contribution >= 4 is 29.2 Å². The number of benzene rings is 1. The Kier molecular flexibility index (Phi) is 5.28. The molecule has 1 spiro atoms. The first kappa shape index (κ1) is 22.8. The average molecular weight is 485 g/mol. The number of aromatic nitrogens is 1. The Balaban J connectivity index is 1.74. The number of urea groups is 1. The minimum atomic E-state index is -1.86. The van der Waals surface area contributed by atoms with Crippen LogP contribution in [0.4, 0.5) is 19.3 Å². The summed E-state index contributed by atoms with van der Waals surface area (Å²) >= 11 is 0. The smallest absolute Gasteiger partial charge is 0.328 e. The number of hydrogen-bond acceptors (Lipinski definition) is 8. The van der Waals surface area contributed by atoms with Gasteiger partial charge in [0.15, 0.2) is 17.0 Å². The van der Waals surface area contributed by atoms with Crippen LogP contribution in [0.3, 0.4) is 0 Å². The molecular weight excluding hydrogens is 464 g/mol. The molecule has 4 heterocycles. The fourth-order valence-corrected chi connectivity index (χ4v) is 5.46. The number of ether oxygens (including phenoxy) is 1. The van der Waals surface area contributed by atoms with Crippen molar-refractivity contribution < 1.29 is 33.1 Å². The number of carbonyl (C=O) groups is 3. The van der Waals surface area contributed by atoms with E-state index in [4.69, 9.17) is 4.74 Å². The van der Waals surface area contributed by atoms with E-state index >= 15 is 8.78 Å². The molecule has 1 aromatic carbocycles. The molecule has 35 heavy (non-hydrogen) atoms. The molecule has 0 bridgehead atoms. The van der Waals surface area contributed by atoms with Crippen molar-refractivity contribution in [2.75, 3.05) is 11.4 Å². The first-order valence-corrected chi connectivity index (χ1v) is 10.9. The van der Waals surface area contributed by atoms with Gasteiger partial charge in [0.25, 0.3) is 0 Å². The van der Waals surface area contributed by atoms with Gasteiger partial charge in [-0.15, -0.1) is 0 Å². The Bertz CT molecular complexity index is 1260. The summed E-state index contributed by atoms with van der Waals surface area (Å²) in [6, 6.07) is 3.93. The Hall–Kier alpha value is -3.93. The summed E-state index contributed by atoms with van der Waals surface area (Å²) in [6.45, 7) is 3.44. The van der Waals surface area contributed by atoms with Gasteiger partial charge < -0.3 is 14.8 Å². The van der Waals surface area contributed by atoms with E-state index in [1.54, 1.807) is 26.0 Å². The predicted molar refractivity (Wildman–Crippen MR) is 117 cm³/mol. The average Bonchev–Trinajstić information content (AvgIpc) is 2.81. The number of oxime groups is 1. The lowest BCUT2D eigenvalue weighted by Gasteiger charge is -2.55. The van der Waals surface area contributed by atoms with Crippen molar-refractivity contribution in [1.29, 1.82) is 0 Å². The van der Waals surface area contributed by atoms with Gasteiger partial charge in [0.05, 0.1) is 29.6 Å². The number of hydrogen-bond donors (Lipinski definition) is 3. The van der Waals surface area contributed by atoms with Crippen LogP contribution in [0.25, 0.3) is 0 Å². The van der Waals surface area contributed by atoms with Gasteiger partial charge in [-0.3, -0.25) is 25.2 Å². The van der Waals surface area contributed by atoms with Crippen LogP contribution in [-0.4, -0.2) is 58.5 Å². The largest absolute Gasteiger partial charge is 0.410 e. The van der Waals surface area contributed by atoms with Gasteiger partial charge in [0.1, 0.15) is 5.71 Å². The lowest BCUT2D eigenvalue weighted by Crippen LogP contribution is -2.75. The highest BCUT2D eigenvalue weighted by Crippen LogP contribution is 2.48. The Morgan fingerprint density at radius 3 is 2.54 bits per heavy atom. The second-order valence-electron chi connectivity index (χ2n) is 8.86. The van der Waals surface area contributed by atoms with Crippen molar-refractivity contribution in [1.82, 2.24) is 15.6 Å². The van der Waals surface area contributed by atoms with Crippen molar-refractivity contribution in [3.63, 3.8) is 0 Å². The summed E-state index contributed by atoms with van der Waals surface area (Å²) in [4.78, 5) is 43.8. The predicted octanol–water partition coefficient (Wildman–Crippen LogP) is 1.48. The monoisotopic (exact) mass is 485 g/mol. The molecule has 2 aromatic rings. The van der Waals surface area contributed by atoms with Crippen LogP contribution in [0.2, 0.25) is 0 Å². The lowest BCUT2D eigenvalue weighted by atomic mass is 9.66. The third kappa shape index (κ3) is 3.27. The summed E-state index contributed by atoms with van der Waals surface area (Å²) in [5.74, 6) is -4.20. The van der Waals surface area contributed by atoms with Crippen LogP contribution < -0.4 is 15.5 Å². The second-order valence-corrected chi connectivity index (χ2v) is 8.86. The minimum Gasteiger partial charge on any atom is -0.410 e. The zero-order valence-electron chi connectivity index (χ0n) is 18.7. The van der Waals surface area contributed by atoms with E-state index in [0.717, 1.165) is 0 Å². The quantitative estimate of drug-likeness (QED) is 0.254. The van der Waals surface area contributed by atoms with Gasteiger partial charge in [-0.2, -0.15) is 0 Å². The van der Waals surface area contributed by atoms with E-state index in [9.17, 15) is 19.6 Å². The second kappa shape index (κ2) is 8.08. The molecule has 0 radical (unpaired) electrons. The molecule has 2 fully saturated rings. The fourth-order valence-electron chi connectivity index (χ4n) is 5.46. The number of rotatable bonds is 2. The van der Waals surface area contributed by atoms with E-state index in [1.165, 1.54) is 23.2 Å². The van der Waals surface area contributed by atoms with Crippen LogP contribution in [0.15, 0.2) is 35.6 Å². The van der Waals surface area contributed by atoms with Gasteiger partial charge in [-0.1, -0.05) is 11.2 Å². The summed E-state index contributed by atoms with van der Waals surface area (Å²) in [5, 5.41) is 17.0. The maximum atomic E-state index is 15.7. The highest BCUT2D eigenvalue weighted by molar-refractivity contribution is 6.20. The number of fused-ring (bicyclic) bond motifs is 4. The molecule has 10 nitrogen and oxygen atoms in total. The van der Waals surface area contributed by atoms with Crippen molar-refractivity contribution in [3.05, 3.63) is 58.9 Å². The zero-order chi connectivity index (χ0) is 25.1. The third-order valence-corrected chi connectivity index (χ3v) is 6.73. The molecule has 1 aromatic heterocycles. The molecular formula is C23H21F2N5O5. The van der Waals surface area contributed by atoms with E-state index in [2.05, 4.69) is 20.8 Å². The molecule has 3 N–H and O–H groups in total. The van der Waals surface area contributed by atoms with Gasteiger partial charge in [0, 0.05) is 24.7 Å². The molecule has 0 unspecified atom stereocenters. The highest BCUT2D eigenvalue weighted by Gasteiger charge is 2.63. The van der Waals surface area contributed by atoms with Crippen LogP contribution in [-0.2, 0) is 20.7 Å². The lowest BCUT2D eigenvalue weighted by molar-refractivity contribution is -0.153. The van der Waals surface area contributed by atoms with Crippen molar-refractivity contribution in [2.24, 2.45) is 10.6 Å². The summed E-state index contributed by atoms with van der Waals surface area (Å²) in [5.41, 5.74) is -2.46. The van der Waals surface area contributed by atoms with Gasteiger partial charge in [-0.25, -0.2) is 13.6 Å². The zero-order valence-corrected chi connectivity index (χ0v) is 18.7. The minimum absolute atomic E-state index is 0.0646. The van der Waals surface area contributed by atoms with E-state index in [-0.39, 0.29) is 35.6 Å². The molecule has 4 amide bonds. The number of nitrogens with zero attached hydrogens (tertiary/aromatic N) is 3. The molecule has 182 valence electrons. The topological polar surface area (TPSA) is 133 Å². The standard InChI is InChI=1S/C23H21F2N5O5/c1-10-9-30-18-12(7-13(15(24)16(18)25)17(29-34)14-5-3-4-6-26-14)8-23(19(30)11(2)35-10)20(31)27-22(33)28-21(23)32/h3-7,10-11,19,34H,8-9H2,1-2H3,(H2,27,28,31,32,33)/b29-17-/t10-,11+,19-/m1/s1. The molecule has 3 atom stereocenters. The highest BCUT2D eigenvalue weighted by atomic mass is 19.2. The number of anilines is 1. The van der Waals surface area contributed by atoms with Crippen molar-refractivity contribution in [3.8, 4) is 0 Å². The maximum Gasteiger partial charge on any atom is 0.328 e. The van der Waals surface area contributed by atoms with E-state index in [0.29, 0.717) is 0 Å². The van der Waals surface area contributed by atoms with Crippen molar-refractivity contribution in [2.45, 2.75) is 38.5 Å². The normalized spacial score (nSPS) is 25.6. The number of halogens is 2. The Morgan fingerprint density at radius 2 is 1.91 bits per heavy atom. The number of nitrogens with one attached hydrogen (secondary N) is 2. The number of carbonyl (C=O) groups excluding carboxylic acids is 3. The summed E-state index contributed by atoms with van der Waals surface area (Å²) in [6.07, 6.45) is -0.105. The number of morpholine rings is 1. The fraction of sp³-hybridized carbons (Fsp3) is 0.348. The summed E-state index contributed by atoms with van der Waals surface area (Å²) in [7, 11) is 0. The van der Waals surface area contributed by atoms with Crippen LogP contribution in [0, 0.1) is 17.0 Å². The Labute approximate surface area is 198 Å². The molecule has 5 rings (SSSR count). The summed E-state index contributed by atoms with van der Waals surface area (Å²) < 4.78 is 37.0. The maximum absolute atomic E-state index is 15.7. The van der Waals surface area contributed by atoms with E-state index in [1.807, 2.05) is 0 Å². The molecule has 0 aliphatic carbocycles. The molecule has 0 saturated carbocycles. The SMILES string of the molecule is C[C@@H]1CN2c3c(cc(/C(=N/O)c4ccccn4)c(F)c3F)CC3(C(=O)NC(=O)NC3=O)[C@H]2[C@H](C)O1. The van der Waals surface area contributed by atoms with Crippen LogP contribution in [0.5, 0.6) is 0 Å². The molecule has 12 heteroatoms. The first-order valence-electron chi connectivity index (χ1n) is 10.9. The Morgan fingerprint density at radius 1 is 1.20 bits per heavy atom. The van der Waals surface area contributed by atoms with Gasteiger partial charge in [-0.05, 0) is 37.6 Å². The first-order chi connectivity index (χ1) is 16.7. The number of barbiturate groups is 1.